The largest absolute Gasteiger partial charge is 0.497 e. The third kappa shape index (κ3) is 6.67. The van der Waals surface area contributed by atoms with E-state index < -0.39 is 0 Å². The third-order valence-electron chi connectivity index (χ3n) is 5.09. The number of nitrogens with zero attached hydrogens (tertiary/aromatic N) is 5. The molecule has 2 aromatic rings. The second-order valence-corrected chi connectivity index (χ2v) is 7.81. The first kappa shape index (κ1) is 22.0. The molecule has 2 heterocycles. The van der Waals surface area contributed by atoms with Crippen molar-refractivity contribution in [3.05, 3.63) is 47.8 Å². The predicted molar refractivity (Wildman–Crippen MR) is 118 cm³/mol. The Morgan fingerprint density at radius 3 is 2.50 bits per heavy atom. The second-order valence-electron chi connectivity index (χ2n) is 7.81. The average Bonchev–Trinajstić information content (AvgIpc) is 3.22. The molecule has 162 valence electrons. The van der Waals surface area contributed by atoms with E-state index in [1.807, 2.05) is 26.0 Å². The number of hydrogen-bond donors (Lipinski definition) is 1. The molecule has 1 aromatic carbocycles. The number of piperazine rings is 1. The molecule has 0 atom stereocenters. The van der Waals surface area contributed by atoms with Gasteiger partial charge in [0.25, 0.3) is 5.91 Å². The molecule has 0 saturated carbocycles. The quantitative estimate of drug-likeness (QED) is 0.676. The average molecular weight is 413 g/mol. The second kappa shape index (κ2) is 10.9. The summed E-state index contributed by atoms with van der Waals surface area (Å²) in [7, 11) is 1.68. The number of aromatic nitrogens is 3. The number of ether oxygens (including phenoxy) is 1. The number of nitrogens with one attached hydrogen (secondary N) is 1. The van der Waals surface area contributed by atoms with Crippen molar-refractivity contribution in [2.24, 2.45) is 0 Å². The molecule has 1 aromatic heterocycles. The highest BCUT2D eigenvalue weighted by molar-refractivity contribution is 5.91. The summed E-state index contributed by atoms with van der Waals surface area (Å²) >= 11 is 0. The number of benzene rings is 1. The van der Waals surface area contributed by atoms with Crippen LogP contribution in [0.1, 0.15) is 29.9 Å². The summed E-state index contributed by atoms with van der Waals surface area (Å²) in [5.74, 6) is 0.705. The molecule has 0 aliphatic carbocycles. The van der Waals surface area contributed by atoms with Crippen molar-refractivity contribution in [2.75, 3.05) is 46.4 Å². The molecule has 0 bridgehead atoms. The van der Waals surface area contributed by atoms with Gasteiger partial charge in [0.15, 0.2) is 5.69 Å². The molecule has 0 radical (unpaired) electrons. The van der Waals surface area contributed by atoms with E-state index in [2.05, 4.69) is 49.7 Å². The van der Waals surface area contributed by atoms with E-state index >= 15 is 0 Å². The highest BCUT2D eigenvalue weighted by Gasteiger charge is 2.16. The summed E-state index contributed by atoms with van der Waals surface area (Å²) in [6.45, 7) is 10.6. The summed E-state index contributed by atoms with van der Waals surface area (Å²) in [5.41, 5.74) is 1.56. The van der Waals surface area contributed by atoms with Gasteiger partial charge in [-0.05, 0) is 31.5 Å². The van der Waals surface area contributed by atoms with E-state index in [0.29, 0.717) is 5.69 Å². The van der Waals surface area contributed by atoms with Gasteiger partial charge in [0, 0.05) is 45.3 Å². The summed E-state index contributed by atoms with van der Waals surface area (Å²) in [6, 6.07) is 8.18. The van der Waals surface area contributed by atoms with Crippen LogP contribution >= 0.6 is 0 Å². The fourth-order valence-electron chi connectivity index (χ4n) is 3.34. The Balaban J connectivity index is 1.36. The molecular weight excluding hydrogens is 380 g/mol. The summed E-state index contributed by atoms with van der Waals surface area (Å²) in [6.07, 6.45) is 6.10. The summed E-state index contributed by atoms with van der Waals surface area (Å²) in [4.78, 5) is 16.9. The van der Waals surface area contributed by atoms with Crippen LogP contribution < -0.4 is 10.1 Å². The SMILES string of the molecule is COc1ccc(/C=C/CN2CCN(CCn3cc(C(=O)NC(C)C)nn3)CC2)cc1. The first-order chi connectivity index (χ1) is 14.5. The van der Waals surface area contributed by atoms with Crippen LogP contribution in [0.2, 0.25) is 0 Å². The fourth-order valence-corrected chi connectivity index (χ4v) is 3.34. The maximum atomic E-state index is 12.0. The number of rotatable bonds is 9. The Labute approximate surface area is 178 Å². The van der Waals surface area contributed by atoms with Crippen molar-refractivity contribution in [2.45, 2.75) is 26.4 Å². The molecule has 8 heteroatoms. The highest BCUT2D eigenvalue weighted by Crippen LogP contribution is 2.12. The van der Waals surface area contributed by atoms with Crippen LogP contribution in [0.4, 0.5) is 0 Å². The summed E-state index contributed by atoms with van der Waals surface area (Å²) in [5, 5.41) is 10.9. The van der Waals surface area contributed by atoms with Crippen molar-refractivity contribution in [1.82, 2.24) is 30.1 Å². The molecule has 1 fully saturated rings. The van der Waals surface area contributed by atoms with E-state index in [4.69, 9.17) is 4.74 Å². The molecule has 3 rings (SSSR count). The van der Waals surface area contributed by atoms with Gasteiger partial charge in [-0.3, -0.25) is 19.3 Å². The first-order valence-electron chi connectivity index (χ1n) is 10.5. The number of methoxy groups -OCH3 is 1. The minimum Gasteiger partial charge on any atom is -0.497 e. The summed E-state index contributed by atoms with van der Waals surface area (Å²) < 4.78 is 6.94. The van der Waals surface area contributed by atoms with Gasteiger partial charge in [-0.15, -0.1) is 5.10 Å². The van der Waals surface area contributed by atoms with Crippen molar-refractivity contribution in [3.8, 4) is 5.75 Å². The van der Waals surface area contributed by atoms with Crippen LogP contribution in [0.25, 0.3) is 6.08 Å². The van der Waals surface area contributed by atoms with Crippen molar-refractivity contribution >= 4 is 12.0 Å². The van der Waals surface area contributed by atoms with Gasteiger partial charge in [-0.1, -0.05) is 29.5 Å². The molecule has 8 nitrogen and oxygen atoms in total. The minimum absolute atomic E-state index is 0.0880. The number of carbonyl (C=O) groups is 1. The number of carbonyl (C=O) groups excluding carboxylic acids is 1. The lowest BCUT2D eigenvalue weighted by Crippen LogP contribution is -2.47. The minimum atomic E-state index is -0.174. The van der Waals surface area contributed by atoms with Gasteiger partial charge in [0.05, 0.1) is 19.9 Å². The lowest BCUT2D eigenvalue weighted by atomic mass is 10.2. The highest BCUT2D eigenvalue weighted by atomic mass is 16.5. The Hall–Kier alpha value is -2.71. The lowest BCUT2D eigenvalue weighted by molar-refractivity contribution is 0.0938. The van der Waals surface area contributed by atoms with Gasteiger partial charge >= 0.3 is 0 Å². The molecule has 1 saturated heterocycles. The van der Waals surface area contributed by atoms with Crippen molar-refractivity contribution in [1.29, 1.82) is 0 Å². The van der Waals surface area contributed by atoms with Crippen molar-refractivity contribution in [3.63, 3.8) is 0 Å². The third-order valence-corrected chi connectivity index (χ3v) is 5.09. The van der Waals surface area contributed by atoms with E-state index in [1.165, 1.54) is 5.56 Å². The van der Waals surface area contributed by atoms with Crippen molar-refractivity contribution < 1.29 is 9.53 Å². The van der Waals surface area contributed by atoms with Crippen LogP contribution in [-0.4, -0.2) is 83.1 Å². The Bertz CT molecular complexity index is 822. The number of hydrogen-bond acceptors (Lipinski definition) is 6. The Morgan fingerprint density at radius 1 is 1.13 bits per heavy atom. The zero-order valence-electron chi connectivity index (χ0n) is 18.1. The van der Waals surface area contributed by atoms with E-state index in [0.717, 1.165) is 51.6 Å². The topological polar surface area (TPSA) is 75.5 Å². The molecule has 1 aliphatic heterocycles. The van der Waals surface area contributed by atoms with Crippen LogP contribution in [0.15, 0.2) is 36.5 Å². The molecule has 0 spiro atoms. The first-order valence-corrected chi connectivity index (χ1v) is 10.5. The molecule has 1 amide bonds. The van der Waals surface area contributed by atoms with Gasteiger partial charge in [-0.25, -0.2) is 0 Å². The van der Waals surface area contributed by atoms with Gasteiger partial charge < -0.3 is 10.1 Å². The lowest BCUT2D eigenvalue weighted by Gasteiger charge is -2.34. The molecular formula is C22H32N6O2. The van der Waals surface area contributed by atoms with Crippen LogP contribution in [0, 0.1) is 0 Å². The van der Waals surface area contributed by atoms with E-state index in [1.54, 1.807) is 18.0 Å². The molecule has 1 N–H and O–H groups in total. The van der Waals surface area contributed by atoms with Gasteiger partial charge in [-0.2, -0.15) is 0 Å². The maximum Gasteiger partial charge on any atom is 0.273 e. The Morgan fingerprint density at radius 2 is 1.83 bits per heavy atom. The van der Waals surface area contributed by atoms with Gasteiger partial charge in [0.1, 0.15) is 5.75 Å². The van der Waals surface area contributed by atoms with Crippen LogP contribution in [0.3, 0.4) is 0 Å². The fraction of sp³-hybridized carbons (Fsp3) is 0.500. The smallest absolute Gasteiger partial charge is 0.273 e. The zero-order valence-corrected chi connectivity index (χ0v) is 18.1. The van der Waals surface area contributed by atoms with E-state index in [-0.39, 0.29) is 11.9 Å². The number of amides is 1. The van der Waals surface area contributed by atoms with Crippen LogP contribution in [-0.2, 0) is 6.54 Å². The van der Waals surface area contributed by atoms with Crippen LogP contribution in [0.5, 0.6) is 5.75 Å². The Kier molecular flexibility index (Phi) is 7.98. The normalized spacial score (nSPS) is 15.7. The molecule has 30 heavy (non-hydrogen) atoms. The molecule has 0 unspecified atom stereocenters. The van der Waals surface area contributed by atoms with Gasteiger partial charge in [0.2, 0.25) is 0 Å². The zero-order chi connectivity index (χ0) is 21.3. The van der Waals surface area contributed by atoms with E-state index in [9.17, 15) is 4.79 Å². The molecule has 1 aliphatic rings. The predicted octanol–water partition coefficient (Wildman–Crippen LogP) is 1.76. The standard InChI is InChI=1S/C22H32N6O2/c1-18(2)23-22(29)21-17-28(25-24-21)16-15-27-13-11-26(12-14-27)10-4-5-19-6-8-20(30-3)9-7-19/h4-9,17-18H,10-16H2,1-3H3,(H,23,29)/b5-4+. The maximum absolute atomic E-state index is 12.0. The monoisotopic (exact) mass is 412 g/mol.